The van der Waals surface area contributed by atoms with E-state index >= 15 is 0 Å². The number of hydrogen-bond acceptors (Lipinski definition) is 2. The molecule has 142 valence electrons. The lowest BCUT2D eigenvalue weighted by atomic mass is 10.1. The average molecular weight is 339 g/mol. The van der Waals surface area contributed by atoms with E-state index in [1.165, 1.54) is 103 Å². The Labute approximate surface area is 151 Å². The Hall–Kier alpha value is -0.790. The van der Waals surface area contributed by atoms with Gasteiger partial charge in [0.25, 0.3) is 0 Å². The van der Waals surface area contributed by atoms with Crippen LogP contribution in [0.4, 0.5) is 0 Å². The van der Waals surface area contributed by atoms with E-state index in [4.69, 9.17) is 0 Å². The lowest BCUT2D eigenvalue weighted by molar-refractivity contribution is -0.140. The van der Waals surface area contributed by atoms with Crippen molar-refractivity contribution in [3.8, 4) is 0 Å². The molecule has 0 aromatic rings. The van der Waals surface area contributed by atoms with Crippen molar-refractivity contribution in [1.29, 1.82) is 0 Å². The van der Waals surface area contributed by atoms with Crippen LogP contribution in [0.2, 0.25) is 0 Å². The van der Waals surface area contributed by atoms with Gasteiger partial charge >= 0.3 is 5.97 Å². The monoisotopic (exact) mass is 338 g/mol. The Morgan fingerprint density at radius 2 is 1.08 bits per heavy atom. The molecule has 0 N–H and O–H groups in total. The highest BCUT2D eigenvalue weighted by molar-refractivity contribution is 5.68. The summed E-state index contributed by atoms with van der Waals surface area (Å²) < 4.78 is 4.64. The topological polar surface area (TPSA) is 26.3 Å². The molecule has 0 aromatic heterocycles. The van der Waals surface area contributed by atoms with Crippen molar-refractivity contribution in [3.05, 3.63) is 12.2 Å². The van der Waals surface area contributed by atoms with Gasteiger partial charge in [-0.3, -0.25) is 4.79 Å². The Morgan fingerprint density at radius 3 is 1.54 bits per heavy atom. The maximum absolute atomic E-state index is 11.0. The number of carbonyl (C=O) groups excluding carboxylic acids is 1. The molecule has 0 unspecified atom stereocenters. The van der Waals surface area contributed by atoms with Gasteiger partial charge in [0.05, 0.1) is 7.11 Å². The highest BCUT2D eigenvalue weighted by atomic mass is 16.5. The number of methoxy groups -OCH3 is 1. The zero-order valence-electron chi connectivity index (χ0n) is 16.5. The fourth-order valence-electron chi connectivity index (χ4n) is 2.97. The van der Waals surface area contributed by atoms with Crippen LogP contribution in [0, 0.1) is 0 Å². The van der Waals surface area contributed by atoms with Crippen molar-refractivity contribution in [3.63, 3.8) is 0 Å². The van der Waals surface area contributed by atoms with Crippen LogP contribution < -0.4 is 0 Å². The van der Waals surface area contributed by atoms with Gasteiger partial charge in [0.2, 0.25) is 0 Å². The fourth-order valence-corrected chi connectivity index (χ4v) is 2.97. The second-order valence-corrected chi connectivity index (χ2v) is 6.97. The molecule has 0 rings (SSSR count). The molecule has 2 nitrogen and oxygen atoms in total. The number of rotatable bonds is 18. The Kier molecular flexibility index (Phi) is 19.6. The molecule has 0 saturated carbocycles. The summed E-state index contributed by atoms with van der Waals surface area (Å²) in [5.41, 5.74) is 0. The van der Waals surface area contributed by atoms with Crippen molar-refractivity contribution in [2.24, 2.45) is 0 Å². The normalized spacial score (nSPS) is 11.2. The number of hydrogen-bond donors (Lipinski definition) is 0. The maximum atomic E-state index is 11.0. The fraction of sp³-hybridized carbons (Fsp3) is 0.864. The molecule has 0 bridgehead atoms. The van der Waals surface area contributed by atoms with E-state index < -0.39 is 0 Å². The predicted molar refractivity (Wildman–Crippen MR) is 105 cm³/mol. The summed E-state index contributed by atoms with van der Waals surface area (Å²) in [6, 6.07) is 0. The van der Waals surface area contributed by atoms with Crippen LogP contribution in [0.1, 0.15) is 116 Å². The van der Waals surface area contributed by atoms with Gasteiger partial charge in [-0.1, -0.05) is 89.7 Å². The molecule has 0 amide bonds. The summed E-state index contributed by atoms with van der Waals surface area (Å²) in [4.78, 5) is 11.0. The van der Waals surface area contributed by atoms with Gasteiger partial charge in [-0.15, -0.1) is 0 Å². The Bertz CT molecular complexity index is 284. The largest absolute Gasteiger partial charge is 0.469 e. The molecule has 2 heteroatoms. The van der Waals surface area contributed by atoms with Crippen molar-refractivity contribution in [1.82, 2.24) is 0 Å². The Balaban J connectivity index is 3.08. The van der Waals surface area contributed by atoms with Crippen molar-refractivity contribution < 1.29 is 9.53 Å². The van der Waals surface area contributed by atoms with Crippen LogP contribution in [0.25, 0.3) is 0 Å². The number of esters is 1. The highest BCUT2D eigenvalue weighted by Gasteiger charge is 1.99. The minimum absolute atomic E-state index is 0.0689. The molecular weight excluding hydrogens is 296 g/mol. The van der Waals surface area contributed by atoms with Gasteiger partial charge in [-0.25, -0.2) is 0 Å². The number of allylic oxidation sites excluding steroid dienone is 2. The van der Waals surface area contributed by atoms with Crippen LogP contribution in [0.15, 0.2) is 12.2 Å². The zero-order valence-corrected chi connectivity index (χ0v) is 16.5. The van der Waals surface area contributed by atoms with Crippen molar-refractivity contribution in [2.75, 3.05) is 7.11 Å². The molecule has 0 heterocycles. The molecule has 0 fully saturated rings. The van der Waals surface area contributed by atoms with Gasteiger partial charge in [0.1, 0.15) is 0 Å². The van der Waals surface area contributed by atoms with E-state index in [1.54, 1.807) is 0 Å². The first-order valence-electron chi connectivity index (χ1n) is 10.5. The van der Waals surface area contributed by atoms with Crippen molar-refractivity contribution >= 4 is 5.97 Å². The summed E-state index contributed by atoms with van der Waals surface area (Å²) in [7, 11) is 1.47. The third kappa shape index (κ3) is 19.3. The van der Waals surface area contributed by atoms with Gasteiger partial charge < -0.3 is 4.74 Å². The van der Waals surface area contributed by atoms with E-state index in [0.29, 0.717) is 6.42 Å². The number of unbranched alkanes of at least 4 members (excludes halogenated alkanes) is 14. The smallest absolute Gasteiger partial charge is 0.305 e. The first-order valence-corrected chi connectivity index (χ1v) is 10.5. The van der Waals surface area contributed by atoms with Crippen LogP contribution in [-0.4, -0.2) is 13.1 Å². The SMILES string of the molecule is CCCCCCC/C=C/CCCCCCCCCCCC(=O)OC. The summed E-state index contributed by atoms with van der Waals surface area (Å²) in [5, 5.41) is 0. The van der Waals surface area contributed by atoms with E-state index in [-0.39, 0.29) is 5.97 Å². The molecule has 24 heavy (non-hydrogen) atoms. The van der Waals surface area contributed by atoms with Crippen LogP contribution >= 0.6 is 0 Å². The van der Waals surface area contributed by atoms with E-state index in [1.807, 2.05) is 0 Å². The number of ether oxygens (including phenoxy) is 1. The van der Waals surface area contributed by atoms with E-state index in [2.05, 4.69) is 23.8 Å². The lowest BCUT2D eigenvalue weighted by Gasteiger charge is -2.02. The van der Waals surface area contributed by atoms with Crippen molar-refractivity contribution in [2.45, 2.75) is 116 Å². The third-order valence-corrected chi connectivity index (χ3v) is 4.62. The highest BCUT2D eigenvalue weighted by Crippen LogP contribution is 2.12. The number of carbonyl (C=O) groups is 1. The van der Waals surface area contributed by atoms with E-state index in [9.17, 15) is 4.79 Å². The molecule has 0 spiro atoms. The molecular formula is C22H42O2. The minimum atomic E-state index is -0.0689. The quantitative estimate of drug-likeness (QED) is 0.148. The van der Waals surface area contributed by atoms with Crippen LogP contribution in [0.5, 0.6) is 0 Å². The molecule has 0 aliphatic rings. The molecule has 0 saturated heterocycles. The molecule has 0 aliphatic carbocycles. The zero-order chi connectivity index (χ0) is 17.7. The first-order chi connectivity index (χ1) is 11.8. The van der Waals surface area contributed by atoms with Crippen LogP contribution in [0.3, 0.4) is 0 Å². The van der Waals surface area contributed by atoms with Gasteiger partial charge in [0.15, 0.2) is 0 Å². The summed E-state index contributed by atoms with van der Waals surface area (Å²) in [5.74, 6) is -0.0689. The summed E-state index contributed by atoms with van der Waals surface area (Å²) >= 11 is 0. The van der Waals surface area contributed by atoms with Crippen LogP contribution in [-0.2, 0) is 9.53 Å². The average Bonchev–Trinajstić information content (AvgIpc) is 2.60. The molecule has 0 aromatic carbocycles. The maximum Gasteiger partial charge on any atom is 0.305 e. The van der Waals surface area contributed by atoms with Gasteiger partial charge in [-0.05, 0) is 32.1 Å². The predicted octanol–water partition coefficient (Wildman–Crippen LogP) is 7.37. The first kappa shape index (κ1) is 23.2. The minimum Gasteiger partial charge on any atom is -0.469 e. The van der Waals surface area contributed by atoms with E-state index in [0.717, 1.165) is 6.42 Å². The third-order valence-electron chi connectivity index (χ3n) is 4.62. The second-order valence-electron chi connectivity index (χ2n) is 6.97. The standard InChI is InChI=1S/C22H42O2/c1-3-4-5-6-7-8-9-10-11-12-13-14-15-16-17-18-19-20-21-22(23)24-2/h9-10H,3-8,11-21H2,1-2H3/b10-9+. The molecule has 0 aliphatic heterocycles. The van der Waals surface area contributed by atoms with Gasteiger partial charge in [-0.2, -0.15) is 0 Å². The van der Waals surface area contributed by atoms with Gasteiger partial charge in [0, 0.05) is 6.42 Å². The second kappa shape index (κ2) is 20.3. The summed E-state index contributed by atoms with van der Waals surface area (Å²) in [6.07, 6.45) is 26.4. The molecule has 0 radical (unpaired) electrons. The Morgan fingerprint density at radius 1 is 0.667 bits per heavy atom. The molecule has 0 atom stereocenters. The summed E-state index contributed by atoms with van der Waals surface area (Å²) in [6.45, 7) is 2.27. The lowest BCUT2D eigenvalue weighted by Crippen LogP contribution is -1.99.